The van der Waals surface area contributed by atoms with Crippen LogP contribution < -0.4 is 4.89 Å². The summed E-state index contributed by atoms with van der Waals surface area (Å²) in [6.07, 6.45) is 69.0. The number of nitrogens with zero attached hydrogens (tertiary/aromatic N) is 1. The second kappa shape index (κ2) is 57.4. The molecule has 2 atom stereocenters. The molecule has 0 aliphatic carbocycles. The molecule has 0 aromatic rings. The molecule has 0 aliphatic rings. The van der Waals surface area contributed by atoms with Crippen LogP contribution >= 0.6 is 7.82 Å². The highest BCUT2D eigenvalue weighted by molar-refractivity contribution is 7.45. The first-order valence-electron chi connectivity index (χ1n) is 32.9. The van der Waals surface area contributed by atoms with Gasteiger partial charge in [0.05, 0.1) is 27.7 Å². The van der Waals surface area contributed by atoms with Gasteiger partial charge in [0.1, 0.15) is 19.8 Å². The van der Waals surface area contributed by atoms with E-state index in [1.807, 2.05) is 21.1 Å². The van der Waals surface area contributed by atoms with Crippen molar-refractivity contribution in [3.8, 4) is 0 Å². The van der Waals surface area contributed by atoms with Gasteiger partial charge < -0.3 is 27.9 Å². The lowest BCUT2D eigenvalue weighted by Crippen LogP contribution is -2.37. The minimum atomic E-state index is -4.62. The molecule has 0 saturated heterocycles. The summed E-state index contributed by atoms with van der Waals surface area (Å²) in [6.45, 7) is 4.27. The topological polar surface area (TPSA) is 111 Å². The molecule has 0 spiro atoms. The summed E-state index contributed by atoms with van der Waals surface area (Å²) < 4.78 is 34.1. The molecule has 0 radical (unpaired) electrons. The van der Waals surface area contributed by atoms with Crippen molar-refractivity contribution in [2.45, 2.75) is 347 Å². The molecule has 75 heavy (non-hydrogen) atoms. The molecular formula is C65H128NO8P. The van der Waals surface area contributed by atoms with Crippen LogP contribution in [0.5, 0.6) is 0 Å². The van der Waals surface area contributed by atoms with Gasteiger partial charge in [-0.05, 0) is 38.5 Å². The van der Waals surface area contributed by atoms with E-state index in [2.05, 4.69) is 26.0 Å². The molecule has 0 N–H and O–H groups in total. The van der Waals surface area contributed by atoms with Gasteiger partial charge in [-0.25, -0.2) is 0 Å². The quantitative estimate of drug-likeness (QED) is 0.0195. The van der Waals surface area contributed by atoms with Crippen molar-refractivity contribution in [3.63, 3.8) is 0 Å². The number of esters is 2. The second-order valence-electron chi connectivity index (χ2n) is 23.8. The number of carbonyl (C=O) groups is 2. The fraction of sp³-hybridized carbons (Fsp3) is 0.938. The Bertz CT molecular complexity index is 1270. The molecule has 0 saturated carbocycles. The lowest BCUT2D eigenvalue weighted by atomic mass is 10.0. The monoisotopic (exact) mass is 1080 g/mol. The van der Waals surface area contributed by atoms with Crippen molar-refractivity contribution in [1.29, 1.82) is 0 Å². The lowest BCUT2D eigenvalue weighted by Gasteiger charge is -2.28. The number of hydrogen-bond acceptors (Lipinski definition) is 8. The van der Waals surface area contributed by atoms with Gasteiger partial charge in [-0.3, -0.25) is 14.2 Å². The van der Waals surface area contributed by atoms with Crippen LogP contribution in [0.25, 0.3) is 0 Å². The molecule has 446 valence electrons. The Kier molecular flexibility index (Phi) is 56.5. The van der Waals surface area contributed by atoms with E-state index in [1.165, 1.54) is 276 Å². The van der Waals surface area contributed by atoms with E-state index in [1.54, 1.807) is 0 Å². The number of phosphoric ester groups is 1. The summed E-state index contributed by atoms with van der Waals surface area (Å²) in [5.41, 5.74) is 0. The zero-order valence-corrected chi connectivity index (χ0v) is 51.7. The minimum Gasteiger partial charge on any atom is -0.756 e. The predicted octanol–water partition coefficient (Wildman–Crippen LogP) is 20.1. The first-order chi connectivity index (χ1) is 36.5. The molecule has 0 aliphatic heterocycles. The van der Waals surface area contributed by atoms with Crippen molar-refractivity contribution < 1.29 is 42.1 Å². The highest BCUT2D eigenvalue weighted by atomic mass is 31.2. The molecule has 9 nitrogen and oxygen atoms in total. The largest absolute Gasteiger partial charge is 0.756 e. The standard InChI is InChI=1S/C65H128NO8P/c1-6-8-10-12-14-16-18-19-20-21-22-23-24-25-26-27-28-29-30-31-32-33-34-35-36-37-38-39-40-41-42-43-44-45-46-47-48-50-52-54-56-58-65(68)74-63(62-73-75(69,70)72-60-59-66(3,4)5)61-71-64(67)57-55-53-51-49-17-15-13-11-9-7-2/h21-22,63H,6-20,23-62H2,1-5H3/b22-21-. The molecule has 0 amide bonds. The summed E-state index contributed by atoms with van der Waals surface area (Å²) in [7, 11) is 1.19. The molecular weight excluding hydrogens is 954 g/mol. The number of likely N-dealkylation sites (N-methyl/N-ethyl adjacent to an activating group) is 1. The Morgan fingerprint density at radius 1 is 0.400 bits per heavy atom. The summed E-state index contributed by atoms with van der Waals surface area (Å²) >= 11 is 0. The van der Waals surface area contributed by atoms with Crippen molar-refractivity contribution in [2.75, 3.05) is 47.5 Å². The molecule has 2 unspecified atom stereocenters. The van der Waals surface area contributed by atoms with Gasteiger partial charge >= 0.3 is 11.9 Å². The average Bonchev–Trinajstić information content (AvgIpc) is 3.37. The third kappa shape index (κ3) is 61.8. The number of rotatable bonds is 62. The van der Waals surface area contributed by atoms with Gasteiger partial charge in [-0.15, -0.1) is 0 Å². The van der Waals surface area contributed by atoms with Crippen molar-refractivity contribution >= 4 is 19.8 Å². The van der Waals surface area contributed by atoms with Crippen LogP contribution in [0.2, 0.25) is 0 Å². The zero-order chi connectivity index (χ0) is 54.9. The highest BCUT2D eigenvalue weighted by Gasteiger charge is 2.22. The highest BCUT2D eigenvalue weighted by Crippen LogP contribution is 2.38. The summed E-state index contributed by atoms with van der Waals surface area (Å²) in [6, 6.07) is 0. The normalized spacial score (nSPS) is 13.2. The number of unbranched alkanes of at least 4 members (excludes halogenated alkanes) is 46. The lowest BCUT2D eigenvalue weighted by molar-refractivity contribution is -0.870. The Morgan fingerprint density at radius 2 is 0.680 bits per heavy atom. The molecule has 0 aromatic carbocycles. The number of phosphoric acid groups is 1. The number of allylic oxidation sites excluding steroid dienone is 2. The van der Waals surface area contributed by atoms with Crippen LogP contribution in [-0.2, 0) is 32.7 Å². The maximum Gasteiger partial charge on any atom is 0.306 e. The Hall–Kier alpha value is -1.25. The van der Waals surface area contributed by atoms with E-state index in [0.29, 0.717) is 17.4 Å². The van der Waals surface area contributed by atoms with Gasteiger partial charge in [0.2, 0.25) is 0 Å². The fourth-order valence-electron chi connectivity index (χ4n) is 9.95. The van der Waals surface area contributed by atoms with Crippen LogP contribution in [0.3, 0.4) is 0 Å². The average molecular weight is 1080 g/mol. The van der Waals surface area contributed by atoms with Gasteiger partial charge in [0.15, 0.2) is 6.10 Å². The predicted molar refractivity (Wildman–Crippen MR) is 319 cm³/mol. The molecule has 0 bridgehead atoms. The maximum absolute atomic E-state index is 12.8. The van der Waals surface area contributed by atoms with E-state index < -0.39 is 26.5 Å². The van der Waals surface area contributed by atoms with Gasteiger partial charge in [-0.1, -0.05) is 302 Å². The van der Waals surface area contributed by atoms with E-state index in [4.69, 9.17) is 18.5 Å². The second-order valence-corrected chi connectivity index (χ2v) is 25.3. The van der Waals surface area contributed by atoms with Gasteiger partial charge in [0, 0.05) is 12.8 Å². The smallest absolute Gasteiger partial charge is 0.306 e. The van der Waals surface area contributed by atoms with Crippen molar-refractivity contribution in [2.24, 2.45) is 0 Å². The Labute approximate surface area is 466 Å². The number of ether oxygens (including phenoxy) is 2. The van der Waals surface area contributed by atoms with Crippen LogP contribution in [0.4, 0.5) is 0 Å². The van der Waals surface area contributed by atoms with Crippen LogP contribution in [0.15, 0.2) is 12.2 Å². The van der Waals surface area contributed by atoms with Crippen LogP contribution in [0, 0.1) is 0 Å². The molecule has 0 rings (SSSR count). The third-order valence-corrected chi connectivity index (χ3v) is 16.0. The maximum atomic E-state index is 12.8. The third-order valence-electron chi connectivity index (χ3n) is 15.0. The molecule has 0 fully saturated rings. The summed E-state index contributed by atoms with van der Waals surface area (Å²) in [5.74, 6) is -0.816. The van der Waals surface area contributed by atoms with Gasteiger partial charge in [0.25, 0.3) is 7.82 Å². The van der Waals surface area contributed by atoms with Crippen LogP contribution in [-0.4, -0.2) is 70.0 Å². The Morgan fingerprint density at radius 3 is 0.987 bits per heavy atom. The van der Waals surface area contributed by atoms with E-state index in [9.17, 15) is 19.0 Å². The molecule has 0 aromatic heterocycles. The first-order valence-corrected chi connectivity index (χ1v) is 34.4. The fourth-order valence-corrected chi connectivity index (χ4v) is 10.7. The van der Waals surface area contributed by atoms with Crippen molar-refractivity contribution in [1.82, 2.24) is 0 Å². The summed E-state index contributed by atoms with van der Waals surface area (Å²) in [5, 5.41) is 0. The number of quaternary nitrogens is 1. The van der Waals surface area contributed by atoms with E-state index in [0.717, 1.165) is 32.1 Å². The van der Waals surface area contributed by atoms with Gasteiger partial charge in [-0.2, -0.15) is 0 Å². The zero-order valence-electron chi connectivity index (χ0n) is 50.8. The molecule has 0 heterocycles. The SMILES string of the molecule is CCCCCCCCCC/C=C\CCCCCCCCCCCCCCCCCCCCCCCCCCCCCCCC(=O)OC(COC(=O)CCCCCCCCCCCC)COP(=O)([O-])OCC[N+](C)(C)C. The summed E-state index contributed by atoms with van der Waals surface area (Å²) in [4.78, 5) is 37.7. The Balaban J connectivity index is 3.75. The van der Waals surface area contributed by atoms with E-state index >= 15 is 0 Å². The number of hydrogen-bond donors (Lipinski definition) is 0. The molecule has 10 heteroatoms. The van der Waals surface area contributed by atoms with Crippen LogP contribution in [0.1, 0.15) is 341 Å². The van der Waals surface area contributed by atoms with E-state index in [-0.39, 0.29) is 32.0 Å². The first kappa shape index (κ1) is 73.8. The van der Waals surface area contributed by atoms with Crippen molar-refractivity contribution in [3.05, 3.63) is 12.2 Å². The number of carbonyl (C=O) groups excluding carboxylic acids is 2. The minimum absolute atomic E-state index is 0.0260.